The Morgan fingerprint density at radius 2 is 1.74 bits per heavy atom. The van der Waals surface area contributed by atoms with Crippen LogP contribution in [0.25, 0.3) is 0 Å². The van der Waals surface area contributed by atoms with Gasteiger partial charge in [-0.25, -0.2) is 0 Å². The van der Waals surface area contributed by atoms with Gasteiger partial charge in [-0.1, -0.05) is 24.3 Å². The monoisotopic (exact) mass is 308 g/mol. The van der Waals surface area contributed by atoms with Crippen LogP contribution in [0.4, 0.5) is 11.4 Å². The number of anilines is 2. The Morgan fingerprint density at radius 1 is 1.04 bits per heavy atom. The summed E-state index contributed by atoms with van der Waals surface area (Å²) in [5, 5.41) is 5.61. The van der Waals surface area contributed by atoms with Crippen molar-refractivity contribution in [3.8, 4) is 0 Å². The summed E-state index contributed by atoms with van der Waals surface area (Å²) in [4.78, 5) is 23.4. The number of benzene rings is 2. The van der Waals surface area contributed by atoms with Crippen molar-refractivity contribution in [2.45, 2.75) is 19.8 Å². The number of carbonyl (C=O) groups excluding carboxylic acids is 2. The highest BCUT2D eigenvalue weighted by atomic mass is 16.2. The minimum atomic E-state index is -0.176. The Labute approximate surface area is 136 Å². The molecule has 0 aliphatic heterocycles. The number of para-hydroxylation sites is 1. The van der Waals surface area contributed by atoms with E-state index in [2.05, 4.69) is 17.2 Å². The predicted octanol–water partition coefficient (Wildman–Crippen LogP) is 4.02. The Balaban J connectivity index is 2.10. The zero-order chi connectivity index (χ0) is 16.7. The molecule has 0 spiro atoms. The van der Waals surface area contributed by atoms with Crippen molar-refractivity contribution < 1.29 is 9.59 Å². The summed E-state index contributed by atoms with van der Waals surface area (Å²) in [6.07, 6.45) is 3.55. The second-order valence-electron chi connectivity index (χ2n) is 5.20. The molecule has 2 aromatic rings. The Hall–Kier alpha value is -2.88. The summed E-state index contributed by atoms with van der Waals surface area (Å²) < 4.78 is 0. The van der Waals surface area contributed by atoms with Crippen LogP contribution in [0, 0.1) is 0 Å². The molecule has 118 valence electrons. The molecule has 2 rings (SSSR count). The third-order valence-electron chi connectivity index (χ3n) is 3.35. The zero-order valence-corrected chi connectivity index (χ0v) is 13.1. The van der Waals surface area contributed by atoms with Gasteiger partial charge in [0.1, 0.15) is 0 Å². The van der Waals surface area contributed by atoms with E-state index in [-0.39, 0.29) is 11.8 Å². The van der Waals surface area contributed by atoms with Gasteiger partial charge in [-0.3, -0.25) is 9.59 Å². The molecule has 23 heavy (non-hydrogen) atoms. The summed E-state index contributed by atoms with van der Waals surface area (Å²) in [5.74, 6) is -0.316. The van der Waals surface area contributed by atoms with Crippen LogP contribution >= 0.6 is 0 Å². The van der Waals surface area contributed by atoms with Gasteiger partial charge in [0.2, 0.25) is 5.91 Å². The molecule has 4 nitrogen and oxygen atoms in total. The molecule has 2 aromatic carbocycles. The fraction of sp³-hybridized carbons (Fsp3) is 0.158. The van der Waals surface area contributed by atoms with Gasteiger partial charge in [-0.2, -0.15) is 0 Å². The topological polar surface area (TPSA) is 58.2 Å². The molecule has 2 amide bonds. The fourth-order valence-corrected chi connectivity index (χ4v) is 2.22. The first-order chi connectivity index (χ1) is 11.1. The molecule has 0 saturated carbocycles. The van der Waals surface area contributed by atoms with E-state index in [1.165, 1.54) is 6.92 Å². The van der Waals surface area contributed by atoms with Crippen LogP contribution in [-0.4, -0.2) is 11.8 Å². The minimum Gasteiger partial charge on any atom is -0.326 e. The first-order valence-corrected chi connectivity index (χ1v) is 7.48. The summed E-state index contributed by atoms with van der Waals surface area (Å²) >= 11 is 0. The summed E-state index contributed by atoms with van der Waals surface area (Å²) in [6, 6.07) is 14.5. The molecule has 0 heterocycles. The normalized spacial score (nSPS) is 9.96. The number of hydrogen-bond acceptors (Lipinski definition) is 2. The molecule has 0 saturated heterocycles. The maximum absolute atomic E-state index is 12.4. The average Bonchev–Trinajstić information content (AvgIpc) is 2.54. The van der Waals surface area contributed by atoms with Crippen LogP contribution < -0.4 is 10.6 Å². The van der Waals surface area contributed by atoms with Gasteiger partial charge in [-0.05, 0) is 48.7 Å². The molecule has 4 heteroatoms. The largest absolute Gasteiger partial charge is 0.326 e. The van der Waals surface area contributed by atoms with E-state index >= 15 is 0 Å². The highest BCUT2D eigenvalue weighted by molar-refractivity contribution is 6.05. The molecule has 0 aromatic heterocycles. The van der Waals surface area contributed by atoms with E-state index in [0.29, 0.717) is 11.3 Å². The lowest BCUT2D eigenvalue weighted by atomic mass is 10.1. The number of rotatable bonds is 6. The van der Waals surface area contributed by atoms with Crippen LogP contribution in [0.15, 0.2) is 61.2 Å². The lowest BCUT2D eigenvalue weighted by molar-refractivity contribution is -0.114. The number of amides is 2. The molecular weight excluding hydrogens is 288 g/mol. The van der Waals surface area contributed by atoms with Gasteiger partial charge in [0.05, 0.1) is 0 Å². The van der Waals surface area contributed by atoms with Gasteiger partial charge in [0, 0.05) is 23.9 Å². The molecule has 0 aliphatic carbocycles. The van der Waals surface area contributed by atoms with Gasteiger partial charge >= 0.3 is 0 Å². The van der Waals surface area contributed by atoms with E-state index in [0.717, 1.165) is 24.1 Å². The number of carbonyl (C=O) groups is 2. The van der Waals surface area contributed by atoms with Crippen molar-refractivity contribution in [3.63, 3.8) is 0 Å². The number of hydrogen-bond donors (Lipinski definition) is 2. The third-order valence-corrected chi connectivity index (χ3v) is 3.35. The Kier molecular flexibility index (Phi) is 5.69. The van der Waals surface area contributed by atoms with Gasteiger partial charge in [0.25, 0.3) is 5.91 Å². The predicted molar refractivity (Wildman–Crippen MR) is 93.7 cm³/mol. The molecule has 0 unspecified atom stereocenters. The van der Waals surface area contributed by atoms with E-state index in [1.807, 2.05) is 30.3 Å². The second kappa shape index (κ2) is 7.94. The van der Waals surface area contributed by atoms with E-state index < -0.39 is 0 Å². The number of aryl methyl sites for hydroxylation is 1. The summed E-state index contributed by atoms with van der Waals surface area (Å²) in [5.41, 5.74) is 3.10. The van der Waals surface area contributed by atoms with Gasteiger partial charge in [0.15, 0.2) is 0 Å². The van der Waals surface area contributed by atoms with Crippen molar-refractivity contribution in [1.82, 2.24) is 0 Å². The first kappa shape index (κ1) is 16.5. The maximum Gasteiger partial charge on any atom is 0.255 e. The standard InChI is InChI=1S/C19H20N2O2/c1-3-4-7-15-8-5-6-9-18(15)21-19(23)16-10-12-17(13-11-16)20-14(2)22/h3,5-6,8-13H,1,4,7H2,2H3,(H,20,22)(H,21,23). The van der Waals surface area contributed by atoms with Crippen molar-refractivity contribution in [2.75, 3.05) is 10.6 Å². The maximum atomic E-state index is 12.4. The van der Waals surface area contributed by atoms with Crippen LogP contribution in [0.1, 0.15) is 29.3 Å². The van der Waals surface area contributed by atoms with Crippen molar-refractivity contribution in [2.24, 2.45) is 0 Å². The summed E-state index contributed by atoms with van der Waals surface area (Å²) in [6.45, 7) is 5.17. The van der Waals surface area contributed by atoms with Crippen molar-refractivity contribution in [3.05, 3.63) is 72.3 Å². The molecule has 0 aliphatic rings. The fourth-order valence-electron chi connectivity index (χ4n) is 2.22. The zero-order valence-electron chi connectivity index (χ0n) is 13.1. The number of allylic oxidation sites excluding steroid dienone is 1. The van der Waals surface area contributed by atoms with Crippen LogP contribution in [0.3, 0.4) is 0 Å². The Morgan fingerprint density at radius 3 is 2.39 bits per heavy atom. The third kappa shape index (κ3) is 4.81. The summed E-state index contributed by atoms with van der Waals surface area (Å²) in [7, 11) is 0. The molecule has 0 radical (unpaired) electrons. The molecule has 0 fully saturated rings. The SMILES string of the molecule is C=CCCc1ccccc1NC(=O)c1ccc(NC(C)=O)cc1. The van der Waals surface area contributed by atoms with Crippen LogP contribution in [0.2, 0.25) is 0 Å². The smallest absolute Gasteiger partial charge is 0.255 e. The lowest BCUT2D eigenvalue weighted by Crippen LogP contribution is -2.13. The minimum absolute atomic E-state index is 0.140. The Bertz CT molecular complexity index is 706. The molecule has 0 atom stereocenters. The van der Waals surface area contributed by atoms with Gasteiger partial charge in [-0.15, -0.1) is 6.58 Å². The van der Waals surface area contributed by atoms with Crippen molar-refractivity contribution >= 4 is 23.2 Å². The lowest BCUT2D eigenvalue weighted by Gasteiger charge is -2.11. The van der Waals surface area contributed by atoms with Crippen molar-refractivity contribution in [1.29, 1.82) is 0 Å². The highest BCUT2D eigenvalue weighted by Gasteiger charge is 2.09. The molecule has 2 N–H and O–H groups in total. The van der Waals surface area contributed by atoms with E-state index in [4.69, 9.17) is 0 Å². The molecule has 0 bridgehead atoms. The quantitative estimate of drug-likeness (QED) is 0.792. The first-order valence-electron chi connectivity index (χ1n) is 7.48. The highest BCUT2D eigenvalue weighted by Crippen LogP contribution is 2.18. The van der Waals surface area contributed by atoms with Crippen LogP contribution in [0.5, 0.6) is 0 Å². The van der Waals surface area contributed by atoms with E-state index in [1.54, 1.807) is 24.3 Å². The number of nitrogens with one attached hydrogen (secondary N) is 2. The average molecular weight is 308 g/mol. The van der Waals surface area contributed by atoms with Gasteiger partial charge < -0.3 is 10.6 Å². The second-order valence-corrected chi connectivity index (χ2v) is 5.20. The molecular formula is C19H20N2O2. The van der Waals surface area contributed by atoms with E-state index in [9.17, 15) is 9.59 Å². The van der Waals surface area contributed by atoms with Crippen LogP contribution in [-0.2, 0) is 11.2 Å².